The third-order valence-electron chi connectivity index (χ3n) is 4.39. The lowest BCUT2D eigenvalue weighted by molar-refractivity contribution is -0.137. The van der Waals surface area contributed by atoms with Gasteiger partial charge in [-0.2, -0.15) is 23.4 Å². The van der Waals surface area contributed by atoms with Gasteiger partial charge in [0.2, 0.25) is 0 Å². The van der Waals surface area contributed by atoms with Crippen LogP contribution in [0.25, 0.3) is 15.9 Å². The zero-order valence-electron chi connectivity index (χ0n) is 15.6. The molecule has 0 spiro atoms. The summed E-state index contributed by atoms with van der Waals surface area (Å²) in [6, 6.07) is 15.9. The van der Waals surface area contributed by atoms with Crippen molar-refractivity contribution in [2.45, 2.75) is 13.1 Å². The van der Waals surface area contributed by atoms with Crippen molar-refractivity contribution >= 4 is 33.7 Å². The number of hydrogen-bond donors (Lipinski definition) is 1. The maximum atomic E-state index is 12.6. The van der Waals surface area contributed by atoms with Crippen molar-refractivity contribution in [2.75, 3.05) is 0 Å². The summed E-state index contributed by atoms with van der Waals surface area (Å²) in [4.78, 5) is 13.8. The molecule has 2 aromatic carbocycles. The van der Waals surface area contributed by atoms with Gasteiger partial charge in [0.15, 0.2) is 0 Å². The Kier molecular flexibility index (Phi) is 5.13. The first-order valence-corrected chi connectivity index (χ1v) is 9.70. The van der Waals surface area contributed by atoms with E-state index in [1.807, 2.05) is 37.3 Å². The number of fused-ring (bicyclic) bond motifs is 1. The highest BCUT2D eigenvalue weighted by Gasteiger charge is 2.29. The van der Waals surface area contributed by atoms with Crippen LogP contribution in [0.15, 0.2) is 65.8 Å². The largest absolute Gasteiger partial charge is 0.416 e. The van der Waals surface area contributed by atoms with E-state index >= 15 is 0 Å². The summed E-state index contributed by atoms with van der Waals surface area (Å²) in [7, 11) is 0. The summed E-state index contributed by atoms with van der Waals surface area (Å²) in [5, 5.41) is 9.25. The van der Waals surface area contributed by atoms with E-state index in [0.29, 0.717) is 10.4 Å². The van der Waals surface area contributed by atoms with Crippen LogP contribution >= 0.6 is 11.3 Å². The van der Waals surface area contributed by atoms with Crippen LogP contribution in [0.3, 0.4) is 0 Å². The van der Waals surface area contributed by atoms with Gasteiger partial charge >= 0.3 is 6.18 Å². The Hall–Kier alpha value is -3.46. The number of aromatic nitrogens is 2. The van der Waals surface area contributed by atoms with Crippen LogP contribution in [0.2, 0.25) is 0 Å². The van der Waals surface area contributed by atoms with E-state index in [-0.39, 0.29) is 0 Å². The Morgan fingerprint density at radius 1 is 1.13 bits per heavy atom. The molecule has 5 nitrogen and oxygen atoms in total. The van der Waals surface area contributed by atoms with Gasteiger partial charge in [-0.1, -0.05) is 30.3 Å². The van der Waals surface area contributed by atoms with E-state index in [9.17, 15) is 18.0 Å². The molecule has 1 amide bonds. The van der Waals surface area contributed by atoms with Gasteiger partial charge in [0.1, 0.15) is 4.83 Å². The van der Waals surface area contributed by atoms with Gasteiger partial charge in [-0.25, -0.2) is 10.1 Å². The van der Waals surface area contributed by atoms with Gasteiger partial charge in [0, 0.05) is 5.39 Å². The fourth-order valence-electron chi connectivity index (χ4n) is 2.88. The van der Waals surface area contributed by atoms with Gasteiger partial charge in [-0.05, 0) is 42.8 Å². The number of carbonyl (C=O) groups is 1. The lowest BCUT2D eigenvalue weighted by Crippen LogP contribution is -2.16. The molecule has 0 atom stereocenters. The van der Waals surface area contributed by atoms with Crippen molar-refractivity contribution in [2.24, 2.45) is 5.10 Å². The molecule has 0 aliphatic rings. The number of hydrazone groups is 1. The minimum absolute atomic E-state index is 0.404. The number of nitrogens with zero attached hydrogens (tertiary/aromatic N) is 3. The first-order valence-electron chi connectivity index (χ1n) is 8.88. The highest BCUT2D eigenvalue weighted by atomic mass is 32.1. The van der Waals surface area contributed by atoms with Crippen molar-refractivity contribution in [3.05, 3.63) is 82.4 Å². The number of aryl methyl sites for hydroxylation is 1. The van der Waals surface area contributed by atoms with Crippen molar-refractivity contribution in [1.29, 1.82) is 0 Å². The molecule has 4 aromatic rings. The zero-order chi connectivity index (χ0) is 21.3. The summed E-state index contributed by atoms with van der Waals surface area (Å²) in [6.07, 6.45) is -3.10. The van der Waals surface area contributed by atoms with Gasteiger partial charge in [0.05, 0.1) is 28.0 Å². The average Bonchev–Trinajstić information content (AvgIpc) is 3.29. The number of rotatable bonds is 4. The lowest BCUT2D eigenvalue weighted by atomic mass is 10.1. The van der Waals surface area contributed by atoms with E-state index < -0.39 is 17.6 Å². The number of thiophene rings is 1. The number of para-hydroxylation sites is 1. The summed E-state index contributed by atoms with van der Waals surface area (Å²) >= 11 is 1.29. The lowest BCUT2D eigenvalue weighted by Gasteiger charge is -2.05. The smallest absolute Gasteiger partial charge is 0.266 e. The number of benzene rings is 2. The van der Waals surface area contributed by atoms with Crippen LogP contribution in [0, 0.1) is 6.92 Å². The zero-order valence-corrected chi connectivity index (χ0v) is 16.5. The predicted octanol–water partition coefficient (Wildman–Crippen LogP) is 5.18. The second-order valence-corrected chi connectivity index (χ2v) is 7.51. The Labute approximate surface area is 173 Å². The van der Waals surface area contributed by atoms with Crippen molar-refractivity contribution < 1.29 is 18.0 Å². The monoisotopic (exact) mass is 428 g/mol. The quantitative estimate of drug-likeness (QED) is 0.360. The van der Waals surface area contributed by atoms with Gasteiger partial charge < -0.3 is 0 Å². The average molecular weight is 428 g/mol. The van der Waals surface area contributed by atoms with Crippen LogP contribution in [0.5, 0.6) is 0 Å². The normalized spacial score (nSPS) is 12.0. The molecule has 30 heavy (non-hydrogen) atoms. The summed E-state index contributed by atoms with van der Waals surface area (Å²) < 4.78 is 39.6. The molecule has 152 valence electrons. The summed E-state index contributed by atoms with van der Waals surface area (Å²) in [5.41, 5.74) is 3.81. The van der Waals surface area contributed by atoms with Crippen LogP contribution in [0.4, 0.5) is 13.2 Å². The molecule has 0 bridgehead atoms. The molecule has 0 radical (unpaired) electrons. The van der Waals surface area contributed by atoms with E-state index in [1.54, 1.807) is 10.7 Å². The van der Waals surface area contributed by atoms with Crippen molar-refractivity contribution in [1.82, 2.24) is 15.2 Å². The third-order valence-corrected chi connectivity index (χ3v) is 5.50. The van der Waals surface area contributed by atoms with Gasteiger partial charge in [-0.3, -0.25) is 4.79 Å². The minimum atomic E-state index is -4.39. The molecule has 0 aliphatic heterocycles. The molecular formula is C21H15F3N4OS. The van der Waals surface area contributed by atoms with Crippen LogP contribution in [-0.4, -0.2) is 21.9 Å². The number of nitrogens with one attached hydrogen (secondary N) is 1. The molecule has 0 saturated carbocycles. The van der Waals surface area contributed by atoms with Gasteiger partial charge in [0.25, 0.3) is 5.91 Å². The Morgan fingerprint density at radius 3 is 2.50 bits per heavy atom. The SMILES string of the molecule is Cc1nn(-c2ccccc2)c2sc(C(=O)N/N=C/c3ccc(C(F)(F)F)cc3)cc12. The van der Waals surface area contributed by atoms with Crippen LogP contribution < -0.4 is 5.43 Å². The Bertz CT molecular complexity index is 1230. The first kappa shape index (κ1) is 19.8. The number of hydrogen-bond acceptors (Lipinski definition) is 4. The minimum Gasteiger partial charge on any atom is -0.266 e. The topological polar surface area (TPSA) is 59.3 Å². The maximum Gasteiger partial charge on any atom is 0.416 e. The highest BCUT2D eigenvalue weighted by molar-refractivity contribution is 7.20. The Balaban J connectivity index is 1.51. The van der Waals surface area contributed by atoms with Crippen LogP contribution in [-0.2, 0) is 6.18 Å². The van der Waals surface area contributed by atoms with E-state index in [2.05, 4.69) is 15.6 Å². The van der Waals surface area contributed by atoms with Crippen molar-refractivity contribution in [3.8, 4) is 5.69 Å². The molecule has 4 rings (SSSR count). The molecule has 0 aliphatic carbocycles. The van der Waals surface area contributed by atoms with Crippen molar-refractivity contribution in [3.63, 3.8) is 0 Å². The first-order chi connectivity index (χ1) is 14.3. The van der Waals surface area contributed by atoms with Gasteiger partial charge in [-0.15, -0.1) is 11.3 Å². The molecule has 0 unspecified atom stereocenters. The Morgan fingerprint density at radius 2 is 1.83 bits per heavy atom. The number of halogens is 3. The highest BCUT2D eigenvalue weighted by Crippen LogP contribution is 2.30. The predicted molar refractivity (Wildman–Crippen MR) is 110 cm³/mol. The summed E-state index contributed by atoms with van der Waals surface area (Å²) in [5.74, 6) is -0.404. The number of alkyl halides is 3. The second kappa shape index (κ2) is 7.75. The third kappa shape index (κ3) is 3.97. The molecule has 1 N–H and O–H groups in total. The maximum absolute atomic E-state index is 12.6. The second-order valence-electron chi connectivity index (χ2n) is 6.48. The number of carbonyl (C=O) groups excluding carboxylic acids is 1. The summed E-state index contributed by atoms with van der Waals surface area (Å²) in [6.45, 7) is 1.87. The van der Waals surface area contributed by atoms with Crippen LogP contribution in [0.1, 0.15) is 26.5 Å². The van der Waals surface area contributed by atoms with E-state index in [1.165, 1.54) is 29.7 Å². The van der Waals surface area contributed by atoms with E-state index in [4.69, 9.17) is 0 Å². The molecule has 0 fully saturated rings. The standard InChI is InChI=1S/C21H15F3N4OS/c1-13-17-11-18(30-20(17)28(27-13)16-5-3-2-4-6-16)19(29)26-25-12-14-7-9-15(10-8-14)21(22,23)24/h2-12H,1H3,(H,26,29)/b25-12+. The molecule has 9 heteroatoms. The molecular weight excluding hydrogens is 413 g/mol. The fraction of sp³-hybridized carbons (Fsp3) is 0.0952. The number of amides is 1. The molecule has 2 heterocycles. The van der Waals surface area contributed by atoms with E-state index in [0.717, 1.165) is 33.7 Å². The molecule has 2 aromatic heterocycles. The molecule has 0 saturated heterocycles. The fourth-order valence-corrected chi connectivity index (χ4v) is 3.95.